The predicted octanol–water partition coefficient (Wildman–Crippen LogP) is 2.68. The summed E-state index contributed by atoms with van der Waals surface area (Å²) in [6.45, 7) is 1.32. The van der Waals surface area contributed by atoms with Crippen LogP contribution < -0.4 is 15.4 Å². The van der Waals surface area contributed by atoms with Crippen LogP contribution in [0.1, 0.15) is 5.56 Å². The first-order valence-electron chi connectivity index (χ1n) is 8.73. The molecule has 2 aromatic carbocycles. The van der Waals surface area contributed by atoms with Gasteiger partial charge in [0, 0.05) is 37.3 Å². The fourth-order valence-corrected chi connectivity index (χ4v) is 3.93. The van der Waals surface area contributed by atoms with Gasteiger partial charge in [0.15, 0.2) is 5.96 Å². The van der Waals surface area contributed by atoms with Crippen molar-refractivity contribution in [3.63, 3.8) is 0 Å². The number of hydrogen-bond donors (Lipinski definition) is 3. The summed E-state index contributed by atoms with van der Waals surface area (Å²) in [4.78, 5) is 5.34. The molecular weight excluding hydrogens is 507 g/mol. The third kappa shape index (κ3) is 10.3. The van der Waals surface area contributed by atoms with Gasteiger partial charge in [-0.25, -0.2) is 13.1 Å². The quantitative estimate of drug-likeness (QED) is 0.144. The zero-order valence-corrected chi connectivity index (χ0v) is 19.8. The number of guanidine groups is 1. The van der Waals surface area contributed by atoms with E-state index in [1.54, 1.807) is 18.8 Å². The maximum Gasteiger partial charge on any atom is 0.213 e. The molecular formula is C19H27IN4O2S2. The summed E-state index contributed by atoms with van der Waals surface area (Å²) in [5.74, 6) is 1.47. The van der Waals surface area contributed by atoms with Crippen LogP contribution in [0.2, 0.25) is 0 Å². The Balaban J connectivity index is 0.00000392. The van der Waals surface area contributed by atoms with Gasteiger partial charge in [-0.05, 0) is 17.7 Å². The molecule has 0 atom stereocenters. The number of hydrogen-bond acceptors (Lipinski definition) is 4. The molecule has 154 valence electrons. The van der Waals surface area contributed by atoms with Crippen LogP contribution in [0.4, 0.5) is 0 Å². The molecule has 0 aliphatic carbocycles. The van der Waals surface area contributed by atoms with E-state index in [2.05, 4.69) is 32.5 Å². The third-order valence-corrected chi connectivity index (χ3v) is 5.97. The van der Waals surface area contributed by atoms with E-state index < -0.39 is 10.0 Å². The number of rotatable bonds is 10. The van der Waals surface area contributed by atoms with Gasteiger partial charge in [-0.1, -0.05) is 48.5 Å². The van der Waals surface area contributed by atoms with Crippen molar-refractivity contribution in [1.82, 2.24) is 15.4 Å². The lowest BCUT2D eigenvalue weighted by molar-refractivity contribution is 0.580. The van der Waals surface area contributed by atoms with Gasteiger partial charge in [0.25, 0.3) is 0 Å². The van der Waals surface area contributed by atoms with Crippen LogP contribution in [0.3, 0.4) is 0 Å². The van der Waals surface area contributed by atoms with Gasteiger partial charge in [0.2, 0.25) is 10.0 Å². The van der Waals surface area contributed by atoms with Crippen molar-refractivity contribution in [1.29, 1.82) is 0 Å². The minimum Gasteiger partial charge on any atom is -0.356 e. The molecule has 0 heterocycles. The molecule has 0 saturated heterocycles. The van der Waals surface area contributed by atoms with Gasteiger partial charge in [-0.2, -0.15) is 0 Å². The number of aliphatic imine (C=N–C) groups is 1. The summed E-state index contributed by atoms with van der Waals surface area (Å²) in [5.41, 5.74) is 0.933. The van der Waals surface area contributed by atoms with Crippen LogP contribution in [0.15, 0.2) is 70.6 Å². The van der Waals surface area contributed by atoms with Gasteiger partial charge >= 0.3 is 0 Å². The lowest BCUT2D eigenvalue weighted by atomic mass is 10.2. The summed E-state index contributed by atoms with van der Waals surface area (Å²) in [6, 6.07) is 19.6. The molecule has 0 saturated carbocycles. The van der Waals surface area contributed by atoms with Crippen LogP contribution in [0.5, 0.6) is 0 Å². The first-order chi connectivity index (χ1) is 13.1. The molecule has 0 aliphatic rings. The molecule has 0 radical (unpaired) electrons. The van der Waals surface area contributed by atoms with Crippen LogP contribution >= 0.6 is 35.7 Å². The highest BCUT2D eigenvalue weighted by molar-refractivity contribution is 14.0. The Morgan fingerprint density at radius 3 is 2.21 bits per heavy atom. The Hall–Kier alpha value is -1.30. The molecule has 0 aliphatic heterocycles. The van der Waals surface area contributed by atoms with Gasteiger partial charge in [0.1, 0.15) is 0 Å². The Labute approximate surface area is 189 Å². The lowest BCUT2D eigenvalue weighted by Gasteiger charge is -2.12. The molecule has 6 nitrogen and oxygen atoms in total. The second-order valence-corrected chi connectivity index (χ2v) is 8.81. The molecule has 0 bridgehead atoms. The highest BCUT2D eigenvalue weighted by Crippen LogP contribution is 2.15. The smallest absolute Gasteiger partial charge is 0.213 e. The van der Waals surface area contributed by atoms with Gasteiger partial charge < -0.3 is 10.6 Å². The van der Waals surface area contributed by atoms with Crippen LogP contribution in [-0.4, -0.2) is 46.0 Å². The first kappa shape index (κ1) is 24.7. The van der Waals surface area contributed by atoms with E-state index in [1.165, 1.54) is 4.90 Å². The highest BCUT2D eigenvalue weighted by Gasteiger charge is 2.10. The van der Waals surface area contributed by atoms with E-state index in [4.69, 9.17) is 0 Å². The molecule has 0 unspecified atom stereocenters. The largest absolute Gasteiger partial charge is 0.356 e. The average Bonchev–Trinajstić information content (AvgIpc) is 2.70. The minimum absolute atomic E-state index is 0. The van der Waals surface area contributed by atoms with Gasteiger partial charge in [-0.15, -0.1) is 35.7 Å². The zero-order valence-electron chi connectivity index (χ0n) is 15.8. The Morgan fingerprint density at radius 2 is 1.57 bits per heavy atom. The van der Waals surface area contributed by atoms with Crippen molar-refractivity contribution in [2.45, 2.75) is 11.4 Å². The van der Waals surface area contributed by atoms with Crippen molar-refractivity contribution in [2.24, 2.45) is 4.99 Å². The maximum absolute atomic E-state index is 12.1. The van der Waals surface area contributed by atoms with Gasteiger partial charge in [-0.3, -0.25) is 4.99 Å². The van der Waals surface area contributed by atoms with Crippen LogP contribution in [0, 0.1) is 0 Å². The van der Waals surface area contributed by atoms with Crippen molar-refractivity contribution in [2.75, 3.05) is 31.6 Å². The van der Waals surface area contributed by atoms with Crippen molar-refractivity contribution in [3.05, 3.63) is 66.2 Å². The van der Waals surface area contributed by atoms with E-state index in [0.717, 1.165) is 17.9 Å². The second-order valence-electron chi connectivity index (χ2n) is 5.71. The Bertz CT molecular complexity index is 803. The fourth-order valence-electron chi connectivity index (χ4n) is 2.24. The predicted molar refractivity (Wildman–Crippen MR) is 129 cm³/mol. The van der Waals surface area contributed by atoms with E-state index in [-0.39, 0.29) is 36.3 Å². The molecule has 0 fully saturated rings. The van der Waals surface area contributed by atoms with E-state index in [1.807, 2.05) is 48.5 Å². The second kappa shape index (κ2) is 13.8. The first-order valence-corrected chi connectivity index (χ1v) is 11.4. The van der Waals surface area contributed by atoms with Crippen molar-refractivity contribution < 1.29 is 8.42 Å². The molecule has 0 spiro atoms. The fraction of sp³-hybridized carbons (Fsp3) is 0.316. The molecule has 0 amide bonds. The summed E-state index contributed by atoms with van der Waals surface area (Å²) in [5, 5.41) is 6.22. The molecule has 28 heavy (non-hydrogen) atoms. The highest BCUT2D eigenvalue weighted by atomic mass is 127. The normalized spacial score (nSPS) is 11.5. The van der Waals surface area contributed by atoms with E-state index in [9.17, 15) is 8.42 Å². The third-order valence-electron chi connectivity index (χ3n) is 3.63. The average molecular weight is 534 g/mol. The Morgan fingerprint density at radius 1 is 0.964 bits per heavy atom. The number of nitrogens with one attached hydrogen (secondary N) is 3. The minimum atomic E-state index is -3.34. The number of sulfonamides is 1. The number of thioether (sulfide) groups is 1. The lowest BCUT2D eigenvalue weighted by Crippen LogP contribution is -2.41. The molecule has 9 heteroatoms. The van der Waals surface area contributed by atoms with Crippen LogP contribution in [0.25, 0.3) is 0 Å². The summed E-state index contributed by atoms with van der Waals surface area (Å²) >= 11 is 1.75. The molecule has 2 rings (SSSR count). The number of benzene rings is 2. The molecule has 0 aromatic heterocycles. The SMILES string of the molecule is CN=C(NCCSc1ccccc1)NCCS(=O)(=O)NCc1ccccc1.I. The zero-order chi connectivity index (χ0) is 19.4. The monoisotopic (exact) mass is 534 g/mol. The van der Waals surface area contributed by atoms with Crippen LogP contribution in [-0.2, 0) is 16.6 Å². The van der Waals surface area contributed by atoms with E-state index >= 15 is 0 Å². The summed E-state index contributed by atoms with van der Waals surface area (Å²) in [6.07, 6.45) is 0. The molecule has 2 aromatic rings. The maximum atomic E-state index is 12.1. The summed E-state index contributed by atoms with van der Waals surface area (Å²) < 4.78 is 26.8. The molecule has 3 N–H and O–H groups in total. The Kier molecular flexibility index (Phi) is 12.2. The topological polar surface area (TPSA) is 82.6 Å². The van der Waals surface area contributed by atoms with Crippen molar-refractivity contribution in [3.8, 4) is 0 Å². The van der Waals surface area contributed by atoms with Crippen molar-refractivity contribution >= 4 is 51.7 Å². The van der Waals surface area contributed by atoms with E-state index in [0.29, 0.717) is 12.5 Å². The summed E-state index contributed by atoms with van der Waals surface area (Å²) in [7, 11) is -1.68. The number of nitrogens with zero attached hydrogens (tertiary/aromatic N) is 1. The van der Waals surface area contributed by atoms with Gasteiger partial charge in [0.05, 0.1) is 5.75 Å². The number of halogens is 1. The standard InChI is InChI=1S/C19H26N4O2S2.HI/c1-20-19(21-12-14-26-18-10-6-3-7-11-18)22-13-15-27(24,25)23-16-17-8-4-2-5-9-17;/h2-11,23H,12-16H2,1H3,(H2,20,21,22);1H.